The van der Waals surface area contributed by atoms with Gasteiger partial charge >= 0.3 is 0 Å². The Morgan fingerprint density at radius 1 is 1.12 bits per heavy atom. The predicted octanol–water partition coefficient (Wildman–Crippen LogP) is 3.22. The summed E-state index contributed by atoms with van der Waals surface area (Å²) in [6, 6.07) is 11.4. The highest BCUT2D eigenvalue weighted by Crippen LogP contribution is 2.25. The molecule has 3 nitrogen and oxygen atoms in total. The molecule has 0 saturated carbocycles. The van der Waals surface area contributed by atoms with Crippen LogP contribution in [0.15, 0.2) is 46.9 Å². The molecule has 0 fully saturated rings. The fourth-order valence-corrected chi connectivity index (χ4v) is 1.69. The number of benzene rings is 2. The summed E-state index contributed by atoms with van der Waals surface area (Å²) in [6.07, 6.45) is 0. The lowest BCUT2D eigenvalue weighted by Crippen LogP contribution is -1.81. The van der Waals surface area contributed by atoms with Crippen molar-refractivity contribution < 1.29 is 8.81 Å². The molecule has 4 heteroatoms. The Hall–Kier alpha value is -2.36. The SMILES string of the molecule is Nc1ccc2nc(-c3cccc(F)c3)oc2c1. The highest BCUT2D eigenvalue weighted by Gasteiger charge is 2.08. The number of hydrogen-bond donors (Lipinski definition) is 1. The first-order chi connectivity index (χ1) is 8.22. The molecule has 0 amide bonds. The van der Waals surface area contributed by atoms with Gasteiger partial charge in [-0.1, -0.05) is 6.07 Å². The molecule has 0 bridgehead atoms. The van der Waals surface area contributed by atoms with E-state index in [4.69, 9.17) is 10.2 Å². The van der Waals surface area contributed by atoms with Crippen LogP contribution in [0.25, 0.3) is 22.6 Å². The first kappa shape index (κ1) is 9.84. The Morgan fingerprint density at radius 3 is 2.82 bits per heavy atom. The van der Waals surface area contributed by atoms with Crippen molar-refractivity contribution >= 4 is 16.8 Å². The van der Waals surface area contributed by atoms with Crippen LogP contribution < -0.4 is 5.73 Å². The summed E-state index contributed by atoms with van der Waals surface area (Å²) in [4.78, 5) is 4.28. The molecule has 2 aromatic carbocycles. The Balaban J connectivity index is 2.18. The molecular weight excluding hydrogens is 219 g/mol. The Labute approximate surface area is 96.7 Å². The Kier molecular flexibility index (Phi) is 2.08. The third-order valence-electron chi connectivity index (χ3n) is 2.48. The molecule has 0 radical (unpaired) electrons. The quantitative estimate of drug-likeness (QED) is 0.650. The van der Waals surface area contributed by atoms with Crippen LogP contribution in [-0.2, 0) is 0 Å². The lowest BCUT2D eigenvalue weighted by molar-refractivity contribution is 0.611. The number of nitrogens with zero attached hydrogens (tertiary/aromatic N) is 1. The molecule has 0 aliphatic carbocycles. The number of nitrogens with two attached hydrogens (primary N) is 1. The van der Waals surface area contributed by atoms with Gasteiger partial charge in [0.1, 0.15) is 11.3 Å². The van der Waals surface area contributed by atoms with Crippen LogP contribution >= 0.6 is 0 Å². The van der Waals surface area contributed by atoms with Crippen LogP contribution in [0.1, 0.15) is 0 Å². The van der Waals surface area contributed by atoms with Crippen molar-refractivity contribution in [2.24, 2.45) is 0 Å². The zero-order chi connectivity index (χ0) is 11.8. The summed E-state index contributed by atoms with van der Waals surface area (Å²) in [6.45, 7) is 0. The van der Waals surface area contributed by atoms with E-state index in [1.807, 2.05) is 0 Å². The molecule has 17 heavy (non-hydrogen) atoms. The van der Waals surface area contributed by atoms with E-state index in [1.165, 1.54) is 12.1 Å². The predicted molar refractivity (Wildman–Crippen MR) is 63.8 cm³/mol. The number of halogens is 1. The molecule has 1 aromatic heterocycles. The number of anilines is 1. The molecule has 0 unspecified atom stereocenters. The van der Waals surface area contributed by atoms with Gasteiger partial charge in [-0.15, -0.1) is 0 Å². The van der Waals surface area contributed by atoms with E-state index in [2.05, 4.69) is 4.98 Å². The van der Waals surface area contributed by atoms with E-state index in [9.17, 15) is 4.39 Å². The highest BCUT2D eigenvalue weighted by atomic mass is 19.1. The molecule has 0 spiro atoms. The number of nitrogen functional groups attached to an aromatic ring is 1. The van der Waals surface area contributed by atoms with Crippen molar-refractivity contribution in [2.75, 3.05) is 5.73 Å². The van der Waals surface area contributed by atoms with Gasteiger partial charge in [0.25, 0.3) is 0 Å². The second kappa shape index (κ2) is 3.59. The van der Waals surface area contributed by atoms with Crippen molar-refractivity contribution in [3.63, 3.8) is 0 Å². The van der Waals surface area contributed by atoms with Gasteiger partial charge in [-0.05, 0) is 30.3 Å². The number of hydrogen-bond acceptors (Lipinski definition) is 3. The van der Waals surface area contributed by atoms with Gasteiger partial charge in [0.05, 0.1) is 0 Å². The van der Waals surface area contributed by atoms with Crippen molar-refractivity contribution in [1.29, 1.82) is 0 Å². The normalized spacial score (nSPS) is 10.9. The molecule has 3 rings (SSSR count). The summed E-state index contributed by atoms with van der Waals surface area (Å²) >= 11 is 0. The molecule has 1 heterocycles. The first-order valence-electron chi connectivity index (χ1n) is 5.14. The van der Waals surface area contributed by atoms with Crippen molar-refractivity contribution in [1.82, 2.24) is 4.98 Å². The van der Waals surface area contributed by atoms with Gasteiger partial charge in [0.15, 0.2) is 5.58 Å². The second-order valence-corrected chi connectivity index (χ2v) is 3.76. The minimum atomic E-state index is -0.315. The summed E-state index contributed by atoms with van der Waals surface area (Å²) in [7, 11) is 0. The smallest absolute Gasteiger partial charge is 0.227 e. The minimum absolute atomic E-state index is 0.315. The van der Waals surface area contributed by atoms with E-state index in [0.717, 1.165) is 0 Å². The summed E-state index contributed by atoms with van der Waals surface area (Å²) in [5.74, 6) is 0.0781. The van der Waals surface area contributed by atoms with Gasteiger partial charge in [0, 0.05) is 17.3 Å². The topological polar surface area (TPSA) is 52.0 Å². The maximum absolute atomic E-state index is 13.1. The molecule has 3 aromatic rings. The number of fused-ring (bicyclic) bond motifs is 1. The average molecular weight is 228 g/mol. The Bertz CT molecular complexity index is 691. The largest absolute Gasteiger partial charge is 0.436 e. The van der Waals surface area contributed by atoms with Crippen molar-refractivity contribution in [3.05, 3.63) is 48.3 Å². The lowest BCUT2D eigenvalue weighted by atomic mass is 10.2. The van der Waals surface area contributed by atoms with Crippen molar-refractivity contribution in [3.8, 4) is 11.5 Å². The van der Waals surface area contributed by atoms with E-state index < -0.39 is 0 Å². The molecule has 0 aliphatic heterocycles. The Morgan fingerprint density at radius 2 is 2.00 bits per heavy atom. The zero-order valence-corrected chi connectivity index (χ0v) is 8.85. The van der Waals surface area contributed by atoms with E-state index in [0.29, 0.717) is 28.2 Å². The summed E-state index contributed by atoms with van der Waals surface area (Å²) in [5.41, 5.74) is 8.18. The molecule has 84 valence electrons. The monoisotopic (exact) mass is 228 g/mol. The second-order valence-electron chi connectivity index (χ2n) is 3.76. The third kappa shape index (κ3) is 1.73. The highest BCUT2D eigenvalue weighted by molar-refractivity contribution is 5.79. The number of oxazole rings is 1. The molecular formula is C13H9FN2O. The first-order valence-corrected chi connectivity index (χ1v) is 5.14. The van der Waals surface area contributed by atoms with E-state index in [1.54, 1.807) is 30.3 Å². The lowest BCUT2D eigenvalue weighted by Gasteiger charge is -1.93. The van der Waals surface area contributed by atoms with Gasteiger partial charge in [-0.3, -0.25) is 0 Å². The summed E-state index contributed by atoms with van der Waals surface area (Å²) in [5, 5.41) is 0. The standard InChI is InChI=1S/C13H9FN2O/c14-9-3-1-2-8(6-9)13-16-11-5-4-10(15)7-12(11)17-13/h1-7H,15H2. The zero-order valence-electron chi connectivity index (χ0n) is 8.85. The third-order valence-corrected chi connectivity index (χ3v) is 2.48. The minimum Gasteiger partial charge on any atom is -0.436 e. The van der Waals surface area contributed by atoms with Gasteiger partial charge in [0.2, 0.25) is 5.89 Å². The molecule has 0 aliphatic rings. The van der Waals surface area contributed by atoms with Gasteiger partial charge in [-0.2, -0.15) is 0 Å². The van der Waals surface area contributed by atoms with E-state index in [-0.39, 0.29) is 5.82 Å². The van der Waals surface area contributed by atoms with Gasteiger partial charge < -0.3 is 10.2 Å². The fourth-order valence-electron chi connectivity index (χ4n) is 1.69. The van der Waals surface area contributed by atoms with E-state index >= 15 is 0 Å². The van der Waals surface area contributed by atoms with Crippen LogP contribution in [-0.4, -0.2) is 4.98 Å². The maximum Gasteiger partial charge on any atom is 0.227 e. The van der Waals surface area contributed by atoms with Crippen LogP contribution in [0.3, 0.4) is 0 Å². The maximum atomic E-state index is 13.1. The van der Waals surface area contributed by atoms with Crippen molar-refractivity contribution in [2.45, 2.75) is 0 Å². The number of rotatable bonds is 1. The van der Waals surface area contributed by atoms with Crippen LogP contribution in [0.4, 0.5) is 10.1 Å². The number of aromatic nitrogens is 1. The van der Waals surface area contributed by atoms with Crippen LogP contribution in [0, 0.1) is 5.82 Å². The van der Waals surface area contributed by atoms with Crippen LogP contribution in [0.5, 0.6) is 0 Å². The summed E-state index contributed by atoms with van der Waals surface area (Å²) < 4.78 is 18.6. The van der Waals surface area contributed by atoms with Crippen LogP contribution in [0.2, 0.25) is 0 Å². The molecule has 0 saturated heterocycles. The molecule has 0 atom stereocenters. The molecule has 2 N–H and O–H groups in total. The van der Waals surface area contributed by atoms with Gasteiger partial charge in [-0.25, -0.2) is 9.37 Å². The fraction of sp³-hybridized carbons (Fsp3) is 0. The average Bonchev–Trinajstić information content (AvgIpc) is 2.72.